The molecule has 23 heavy (non-hydrogen) atoms. The maximum absolute atomic E-state index is 11.5. The minimum Gasteiger partial charge on any atom is -0.423 e. The van der Waals surface area contributed by atoms with Crippen LogP contribution in [0.2, 0.25) is 5.02 Å². The number of aromatic nitrogens is 1. The lowest BCUT2D eigenvalue weighted by Gasteiger charge is -2.10. The van der Waals surface area contributed by atoms with Gasteiger partial charge < -0.3 is 15.1 Å². The molecule has 116 valence electrons. The SMILES string of the molecule is Cc1cc(=O)oc2cc(NC(=S)Nc3ccc(Cl)cn3)ccc12. The molecule has 7 heteroatoms. The molecule has 0 saturated heterocycles. The molecular weight excluding hydrogens is 334 g/mol. The molecule has 0 bridgehead atoms. The van der Waals surface area contributed by atoms with Gasteiger partial charge in [-0.1, -0.05) is 11.6 Å². The molecule has 0 aliphatic rings. The van der Waals surface area contributed by atoms with Crippen LogP contribution in [0.1, 0.15) is 5.56 Å². The Morgan fingerprint density at radius 2 is 2.04 bits per heavy atom. The van der Waals surface area contributed by atoms with Gasteiger partial charge in [-0.05, 0) is 49.0 Å². The zero-order chi connectivity index (χ0) is 16.4. The first kappa shape index (κ1) is 15.5. The van der Waals surface area contributed by atoms with Crippen molar-refractivity contribution in [2.75, 3.05) is 10.6 Å². The van der Waals surface area contributed by atoms with Gasteiger partial charge in [0.05, 0.1) is 5.02 Å². The Bertz CT molecular complexity index is 938. The van der Waals surface area contributed by atoms with Crippen molar-refractivity contribution in [3.8, 4) is 0 Å². The molecule has 1 aromatic carbocycles. The number of thiocarbonyl (C=S) groups is 1. The molecule has 5 nitrogen and oxygen atoms in total. The van der Waals surface area contributed by atoms with Crippen LogP contribution in [0, 0.1) is 6.92 Å². The molecule has 0 fully saturated rings. The fraction of sp³-hybridized carbons (Fsp3) is 0.0625. The number of hydrogen-bond acceptors (Lipinski definition) is 4. The highest BCUT2D eigenvalue weighted by Crippen LogP contribution is 2.21. The zero-order valence-electron chi connectivity index (χ0n) is 12.1. The Morgan fingerprint density at radius 3 is 2.78 bits per heavy atom. The van der Waals surface area contributed by atoms with Crippen molar-refractivity contribution in [1.82, 2.24) is 4.98 Å². The van der Waals surface area contributed by atoms with E-state index in [9.17, 15) is 4.79 Å². The highest BCUT2D eigenvalue weighted by atomic mass is 35.5. The highest BCUT2D eigenvalue weighted by Gasteiger charge is 2.05. The molecule has 2 aromatic heterocycles. The van der Waals surface area contributed by atoms with E-state index in [-0.39, 0.29) is 5.63 Å². The summed E-state index contributed by atoms with van der Waals surface area (Å²) >= 11 is 11.0. The average molecular weight is 346 g/mol. The van der Waals surface area contributed by atoms with Gasteiger partial charge in [0.2, 0.25) is 0 Å². The normalized spacial score (nSPS) is 10.5. The van der Waals surface area contributed by atoms with Gasteiger partial charge in [-0.25, -0.2) is 9.78 Å². The number of nitrogens with zero attached hydrogens (tertiary/aromatic N) is 1. The quantitative estimate of drug-likeness (QED) is 0.541. The second-order valence-corrected chi connectivity index (χ2v) is 5.74. The molecule has 0 unspecified atom stereocenters. The molecule has 0 amide bonds. The molecule has 3 rings (SSSR count). The summed E-state index contributed by atoms with van der Waals surface area (Å²) < 4.78 is 5.21. The van der Waals surface area contributed by atoms with Gasteiger partial charge in [0.1, 0.15) is 11.4 Å². The highest BCUT2D eigenvalue weighted by molar-refractivity contribution is 7.80. The fourth-order valence-electron chi connectivity index (χ4n) is 2.13. The Labute approximate surface area is 142 Å². The van der Waals surface area contributed by atoms with Gasteiger partial charge in [0, 0.05) is 29.4 Å². The van der Waals surface area contributed by atoms with E-state index in [4.69, 9.17) is 28.2 Å². The Balaban J connectivity index is 1.79. The third-order valence-electron chi connectivity index (χ3n) is 3.18. The van der Waals surface area contributed by atoms with Crippen LogP contribution in [-0.4, -0.2) is 10.1 Å². The van der Waals surface area contributed by atoms with Crippen LogP contribution in [0.4, 0.5) is 11.5 Å². The molecule has 0 saturated carbocycles. The number of rotatable bonds is 2. The lowest BCUT2D eigenvalue weighted by atomic mass is 10.1. The van der Waals surface area contributed by atoms with Crippen molar-refractivity contribution in [2.24, 2.45) is 0 Å². The Hall–Kier alpha value is -2.44. The first-order valence-corrected chi connectivity index (χ1v) is 7.54. The van der Waals surface area contributed by atoms with E-state index in [0.717, 1.165) is 10.9 Å². The number of anilines is 2. The maximum atomic E-state index is 11.5. The third-order valence-corrected chi connectivity index (χ3v) is 3.61. The Morgan fingerprint density at radius 1 is 1.22 bits per heavy atom. The van der Waals surface area contributed by atoms with Gasteiger partial charge in [0.15, 0.2) is 5.11 Å². The minimum absolute atomic E-state index is 0.370. The van der Waals surface area contributed by atoms with Crippen molar-refractivity contribution in [2.45, 2.75) is 6.92 Å². The zero-order valence-corrected chi connectivity index (χ0v) is 13.7. The van der Waals surface area contributed by atoms with Crippen molar-refractivity contribution >= 4 is 51.4 Å². The molecule has 0 radical (unpaired) electrons. The second-order valence-electron chi connectivity index (χ2n) is 4.90. The second kappa shape index (κ2) is 6.36. The summed E-state index contributed by atoms with van der Waals surface area (Å²) in [5.41, 5.74) is 1.71. The summed E-state index contributed by atoms with van der Waals surface area (Å²) in [6, 6.07) is 10.4. The third kappa shape index (κ3) is 3.67. The first-order chi connectivity index (χ1) is 11.0. The largest absolute Gasteiger partial charge is 0.423 e. The Kier molecular flexibility index (Phi) is 4.27. The number of nitrogens with one attached hydrogen (secondary N) is 2. The van der Waals surface area contributed by atoms with Crippen molar-refractivity contribution in [3.05, 3.63) is 63.6 Å². The van der Waals surface area contributed by atoms with E-state index >= 15 is 0 Å². The molecule has 0 aliphatic heterocycles. The monoisotopic (exact) mass is 345 g/mol. The lowest BCUT2D eigenvalue weighted by Crippen LogP contribution is -2.19. The number of pyridine rings is 1. The number of benzene rings is 1. The molecule has 3 aromatic rings. The van der Waals surface area contributed by atoms with E-state index in [1.165, 1.54) is 12.3 Å². The summed E-state index contributed by atoms with van der Waals surface area (Å²) in [5.74, 6) is 0.579. The number of halogens is 1. The summed E-state index contributed by atoms with van der Waals surface area (Å²) in [6.45, 7) is 1.87. The summed E-state index contributed by atoms with van der Waals surface area (Å²) in [6.07, 6.45) is 1.53. The van der Waals surface area contributed by atoms with Crippen LogP contribution in [0.15, 0.2) is 51.8 Å². The van der Waals surface area contributed by atoms with Crippen LogP contribution in [0.3, 0.4) is 0 Å². The van der Waals surface area contributed by atoms with Crippen LogP contribution in [0.25, 0.3) is 11.0 Å². The molecular formula is C16H12ClN3O2S. The fourth-order valence-corrected chi connectivity index (χ4v) is 2.47. The average Bonchev–Trinajstić information content (AvgIpc) is 2.49. The molecule has 0 atom stereocenters. The molecule has 0 spiro atoms. The van der Waals surface area contributed by atoms with Gasteiger partial charge in [-0.3, -0.25) is 0 Å². The van der Waals surface area contributed by atoms with Crippen LogP contribution < -0.4 is 16.3 Å². The predicted molar refractivity (Wildman–Crippen MR) is 96.3 cm³/mol. The number of hydrogen-bond donors (Lipinski definition) is 2. The maximum Gasteiger partial charge on any atom is 0.336 e. The van der Waals surface area contributed by atoms with Gasteiger partial charge >= 0.3 is 5.63 Å². The van der Waals surface area contributed by atoms with E-state index in [1.54, 1.807) is 18.2 Å². The van der Waals surface area contributed by atoms with Crippen LogP contribution in [0.5, 0.6) is 0 Å². The van der Waals surface area contributed by atoms with Crippen LogP contribution in [-0.2, 0) is 0 Å². The predicted octanol–water partition coefficient (Wildman–Crippen LogP) is 3.96. The van der Waals surface area contributed by atoms with E-state index < -0.39 is 0 Å². The van der Waals surface area contributed by atoms with Crippen molar-refractivity contribution < 1.29 is 4.42 Å². The number of fused-ring (bicyclic) bond motifs is 1. The van der Waals surface area contributed by atoms with E-state index in [0.29, 0.717) is 27.2 Å². The van der Waals surface area contributed by atoms with Gasteiger partial charge in [0.25, 0.3) is 0 Å². The van der Waals surface area contributed by atoms with Crippen molar-refractivity contribution in [1.29, 1.82) is 0 Å². The summed E-state index contributed by atoms with van der Waals surface area (Å²) in [7, 11) is 0. The number of aryl methyl sites for hydroxylation is 1. The molecule has 2 heterocycles. The standard InChI is InChI=1S/C16H12ClN3O2S/c1-9-6-15(21)22-13-7-11(3-4-12(9)13)19-16(23)20-14-5-2-10(17)8-18-14/h2-8H,1H3,(H2,18,19,20,23). The van der Waals surface area contributed by atoms with Crippen molar-refractivity contribution in [3.63, 3.8) is 0 Å². The van der Waals surface area contributed by atoms with E-state index in [1.807, 2.05) is 19.1 Å². The summed E-state index contributed by atoms with van der Waals surface area (Å²) in [5, 5.41) is 7.77. The first-order valence-electron chi connectivity index (χ1n) is 6.75. The topological polar surface area (TPSA) is 67.2 Å². The van der Waals surface area contributed by atoms with E-state index in [2.05, 4.69) is 15.6 Å². The minimum atomic E-state index is -0.377. The lowest BCUT2D eigenvalue weighted by molar-refractivity contribution is 0.560. The van der Waals surface area contributed by atoms with Crippen LogP contribution >= 0.6 is 23.8 Å². The van der Waals surface area contributed by atoms with Gasteiger partial charge in [-0.2, -0.15) is 0 Å². The summed E-state index contributed by atoms with van der Waals surface area (Å²) in [4.78, 5) is 15.6. The van der Waals surface area contributed by atoms with Gasteiger partial charge in [-0.15, -0.1) is 0 Å². The smallest absolute Gasteiger partial charge is 0.336 e. The molecule has 2 N–H and O–H groups in total. The molecule has 0 aliphatic carbocycles.